The van der Waals surface area contributed by atoms with E-state index in [-0.39, 0.29) is 0 Å². The third kappa shape index (κ3) is 4.15. The minimum atomic E-state index is 0.476. The van der Waals surface area contributed by atoms with Gasteiger partial charge in [0.25, 0.3) is 0 Å². The molecule has 100 valence electrons. The average Bonchev–Trinajstić information content (AvgIpc) is 2.73. The smallest absolute Gasteiger partial charge is 0.0666 e. The van der Waals surface area contributed by atoms with Gasteiger partial charge in [0.2, 0.25) is 0 Å². The lowest BCUT2D eigenvalue weighted by Crippen LogP contribution is -2.36. The minimum absolute atomic E-state index is 0.476. The van der Waals surface area contributed by atoms with Crippen molar-refractivity contribution < 1.29 is 4.74 Å². The third-order valence-electron chi connectivity index (χ3n) is 3.98. The van der Waals surface area contributed by atoms with Crippen LogP contribution in [0.1, 0.15) is 52.4 Å². The predicted octanol–water partition coefficient (Wildman–Crippen LogP) is 3.21. The molecule has 1 saturated heterocycles. The van der Waals surface area contributed by atoms with E-state index in [0.717, 1.165) is 23.1 Å². The molecule has 0 radical (unpaired) electrons. The summed E-state index contributed by atoms with van der Waals surface area (Å²) in [7, 11) is 0. The molecule has 2 rings (SSSR count). The number of hydrogen-bond acceptors (Lipinski definition) is 3. The first kappa shape index (κ1) is 13.7. The van der Waals surface area contributed by atoms with Crippen molar-refractivity contribution >= 4 is 11.8 Å². The second-order valence-electron chi connectivity index (χ2n) is 5.48. The molecular weight excluding hydrogens is 230 g/mol. The highest BCUT2D eigenvalue weighted by Gasteiger charge is 2.30. The Balaban J connectivity index is 1.73. The molecule has 2 fully saturated rings. The molecule has 0 aromatic heterocycles. The van der Waals surface area contributed by atoms with Gasteiger partial charge in [-0.05, 0) is 45.6 Å². The highest BCUT2D eigenvalue weighted by Crippen LogP contribution is 2.36. The van der Waals surface area contributed by atoms with Gasteiger partial charge in [0.1, 0.15) is 0 Å². The van der Waals surface area contributed by atoms with Crippen molar-refractivity contribution in [3.05, 3.63) is 0 Å². The number of thioether (sulfide) groups is 1. The zero-order valence-corrected chi connectivity index (χ0v) is 12.1. The molecule has 1 aliphatic heterocycles. The number of hydrogen-bond donors (Lipinski definition) is 1. The van der Waals surface area contributed by atoms with Gasteiger partial charge in [-0.1, -0.05) is 13.3 Å². The van der Waals surface area contributed by atoms with Crippen molar-refractivity contribution in [1.29, 1.82) is 0 Å². The predicted molar refractivity (Wildman–Crippen MR) is 75.7 cm³/mol. The molecule has 4 unspecified atom stereocenters. The van der Waals surface area contributed by atoms with Crippen LogP contribution in [-0.4, -0.2) is 35.8 Å². The van der Waals surface area contributed by atoms with Crippen molar-refractivity contribution in [2.45, 2.75) is 75.0 Å². The minimum Gasteiger partial charge on any atom is -0.377 e. The second-order valence-corrected chi connectivity index (χ2v) is 7.02. The van der Waals surface area contributed by atoms with Crippen LogP contribution in [-0.2, 0) is 4.74 Å². The van der Waals surface area contributed by atoms with Gasteiger partial charge in [0.05, 0.1) is 6.10 Å². The van der Waals surface area contributed by atoms with Crippen molar-refractivity contribution in [2.75, 3.05) is 13.2 Å². The Hall–Kier alpha value is 0.270. The van der Waals surface area contributed by atoms with Crippen molar-refractivity contribution in [3.8, 4) is 0 Å². The van der Waals surface area contributed by atoms with Crippen LogP contribution in [0.2, 0.25) is 0 Å². The van der Waals surface area contributed by atoms with Gasteiger partial charge in [-0.15, -0.1) is 0 Å². The number of rotatable bonds is 5. The zero-order valence-electron chi connectivity index (χ0n) is 11.3. The highest BCUT2D eigenvalue weighted by molar-refractivity contribution is 8.00. The molecule has 1 saturated carbocycles. The summed E-state index contributed by atoms with van der Waals surface area (Å²) in [6.45, 7) is 6.65. The summed E-state index contributed by atoms with van der Waals surface area (Å²) in [6, 6.07) is 0.777. The fraction of sp³-hybridized carbons (Fsp3) is 1.00. The van der Waals surface area contributed by atoms with Gasteiger partial charge in [-0.2, -0.15) is 11.8 Å². The summed E-state index contributed by atoms with van der Waals surface area (Å²) in [5.74, 6) is 0. The lowest BCUT2D eigenvalue weighted by atomic mass is 9.95. The van der Waals surface area contributed by atoms with Gasteiger partial charge < -0.3 is 10.1 Å². The molecule has 1 aliphatic carbocycles. The summed E-state index contributed by atoms with van der Waals surface area (Å²) >= 11 is 2.21. The van der Waals surface area contributed by atoms with Gasteiger partial charge in [-0.3, -0.25) is 0 Å². The molecule has 0 aromatic rings. The largest absolute Gasteiger partial charge is 0.377 e. The van der Waals surface area contributed by atoms with Crippen LogP contribution in [0.3, 0.4) is 0 Å². The molecule has 1 heterocycles. The first-order chi connectivity index (χ1) is 8.29. The van der Waals surface area contributed by atoms with Crippen LogP contribution < -0.4 is 5.32 Å². The van der Waals surface area contributed by atoms with Crippen LogP contribution in [0.25, 0.3) is 0 Å². The van der Waals surface area contributed by atoms with E-state index < -0.39 is 0 Å². The summed E-state index contributed by atoms with van der Waals surface area (Å²) in [4.78, 5) is 0. The fourth-order valence-electron chi connectivity index (χ4n) is 2.94. The van der Waals surface area contributed by atoms with Crippen LogP contribution in [0.15, 0.2) is 0 Å². The van der Waals surface area contributed by atoms with E-state index in [1.54, 1.807) is 0 Å². The molecule has 0 bridgehead atoms. The summed E-state index contributed by atoms with van der Waals surface area (Å²) < 4.78 is 5.66. The van der Waals surface area contributed by atoms with E-state index in [0.29, 0.717) is 6.10 Å². The topological polar surface area (TPSA) is 21.3 Å². The van der Waals surface area contributed by atoms with Gasteiger partial charge in [-0.25, -0.2) is 0 Å². The average molecular weight is 257 g/mol. The van der Waals surface area contributed by atoms with E-state index >= 15 is 0 Å². The quantitative estimate of drug-likeness (QED) is 0.817. The second kappa shape index (κ2) is 7.01. The first-order valence-electron chi connectivity index (χ1n) is 7.30. The van der Waals surface area contributed by atoms with E-state index in [4.69, 9.17) is 4.74 Å². The summed E-state index contributed by atoms with van der Waals surface area (Å²) in [6.07, 6.45) is 8.56. The molecule has 2 nitrogen and oxygen atoms in total. The Morgan fingerprint density at radius 3 is 2.88 bits per heavy atom. The SMILES string of the molecule is CCCNC1CCCC(SC2CCOC2C)C1. The monoisotopic (exact) mass is 257 g/mol. The Morgan fingerprint density at radius 1 is 1.29 bits per heavy atom. The number of ether oxygens (including phenoxy) is 1. The maximum absolute atomic E-state index is 5.66. The van der Waals surface area contributed by atoms with Crippen molar-refractivity contribution in [1.82, 2.24) is 5.32 Å². The summed E-state index contributed by atoms with van der Waals surface area (Å²) in [5.41, 5.74) is 0. The highest BCUT2D eigenvalue weighted by atomic mass is 32.2. The standard InChI is InChI=1S/C14H27NOS/c1-3-8-15-12-5-4-6-13(10-12)17-14-7-9-16-11(14)2/h11-15H,3-10H2,1-2H3. The molecule has 3 heteroatoms. The molecule has 0 spiro atoms. The Kier molecular flexibility index (Phi) is 5.64. The van der Waals surface area contributed by atoms with E-state index in [1.807, 2.05) is 0 Å². The Bertz CT molecular complexity index is 224. The van der Waals surface area contributed by atoms with E-state index in [2.05, 4.69) is 30.9 Å². The van der Waals surface area contributed by atoms with Crippen LogP contribution in [0.4, 0.5) is 0 Å². The van der Waals surface area contributed by atoms with Crippen LogP contribution in [0.5, 0.6) is 0 Å². The van der Waals surface area contributed by atoms with E-state index in [1.165, 1.54) is 45.1 Å². The Labute approximate surface area is 110 Å². The van der Waals surface area contributed by atoms with Crippen molar-refractivity contribution in [2.24, 2.45) is 0 Å². The van der Waals surface area contributed by atoms with Crippen LogP contribution in [0, 0.1) is 0 Å². The van der Waals surface area contributed by atoms with Gasteiger partial charge in [0.15, 0.2) is 0 Å². The molecule has 0 aromatic carbocycles. The first-order valence-corrected chi connectivity index (χ1v) is 8.24. The maximum Gasteiger partial charge on any atom is 0.0666 e. The normalized spacial score (nSPS) is 38.5. The van der Waals surface area contributed by atoms with Gasteiger partial charge in [0, 0.05) is 23.1 Å². The lowest BCUT2D eigenvalue weighted by molar-refractivity contribution is 0.127. The molecule has 0 amide bonds. The molecule has 17 heavy (non-hydrogen) atoms. The third-order valence-corrected chi connectivity index (χ3v) is 5.76. The fourth-order valence-corrected chi connectivity index (χ4v) is 4.61. The van der Waals surface area contributed by atoms with Gasteiger partial charge >= 0.3 is 0 Å². The lowest BCUT2D eigenvalue weighted by Gasteiger charge is -2.31. The molecular formula is C14H27NOS. The van der Waals surface area contributed by atoms with Crippen LogP contribution >= 0.6 is 11.8 Å². The van der Waals surface area contributed by atoms with Crippen molar-refractivity contribution in [3.63, 3.8) is 0 Å². The molecule has 1 N–H and O–H groups in total. The number of nitrogens with one attached hydrogen (secondary N) is 1. The Morgan fingerprint density at radius 2 is 2.18 bits per heavy atom. The maximum atomic E-state index is 5.66. The summed E-state index contributed by atoms with van der Waals surface area (Å²) in [5, 5.41) is 5.32. The molecule has 4 atom stereocenters. The van der Waals surface area contributed by atoms with E-state index in [9.17, 15) is 0 Å². The molecule has 2 aliphatic rings. The zero-order chi connectivity index (χ0) is 12.1.